The number of rotatable bonds is 5. The monoisotopic (exact) mass is 603 g/mol. The normalized spacial score (nSPS) is 12.9. The maximum Gasteiger partial charge on any atom is 0.184 e. The summed E-state index contributed by atoms with van der Waals surface area (Å²) in [5, 5.41) is 15.0. The van der Waals surface area contributed by atoms with Gasteiger partial charge in [0.25, 0.3) is 0 Å². The molecule has 0 bridgehead atoms. The number of para-hydroxylation sites is 2. The standard InChI is InChI=1S/C42H29N3Si/c43-30-32-16-14-24-38(44-32)37-23-8-7-22-36(37)31-15-13-17-33(29-31)45-39-25-9-11-27-41(39)46(34-18-3-1-4-19-34,35-20-5-2-6-21-35)42-28-12-10-26-40(42)45/h1-29H. The summed E-state index contributed by atoms with van der Waals surface area (Å²) in [6.07, 6.45) is 0. The summed E-state index contributed by atoms with van der Waals surface area (Å²) in [6, 6.07) is 65.0. The van der Waals surface area contributed by atoms with Crippen molar-refractivity contribution in [1.82, 2.24) is 4.98 Å². The second-order valence-corrected chi connectivity index (χ2v) is 15.2. The van der Waals surface area contributed by atoms with E-state index >= 15 is 0 Å². The highest BCUT2D eigenvalue weighted by Crippen LogP contribution is 2.40. The summed E-state index contributed by atoms with van der Waals surface area (Å²) in [7, 11) is -2.67. The van der Waals surface area contributed by atoms with E-state index in [0.29, 0.717) is 5.69 Å². The summed E-state index contributed by atoms with van der Waals surface area (Å²) in [6.45, 7) is 0. The first kappa shape index (κ1) is 27.5. The first-order valence-corrected chi connectivity index (χ1v) is 17.5. The van der Waals surface area contributed by atoms with E-state index < -0.39 is 8.07 Å². The lowest BCUT2D eigenvalue weighted by molar-refractivity contribution is 1.26. The molecule has 0 radical (unpaired) electrons. The molecule has 3 nitrogen and oxygen atoms in total. The largest absolute Gasteiger partial charge is 0.311 e. The van der Waals surface area contributed by atoms with Crippen LogP contribution in [-0.4, -0.2) is 13.1 Å². The zero-order valence-corrected chi connectivity index (χ0v) is 26.1. The second kappa shape index (κ2) is 11.5. The first-order valence-electron chi connectivity index (χ1n) is 15.5. The molecule has 0 unspecified atom stereocenters. The fraction of sp³-hybridized carbons (Fsp3) is 0. The van der Waals surface area contributed by atoms with Gasteiger partial charge >= 0.3 is 0 Å². The van der Waals surface area contributed by atoms with Crippen LogP contribution in [0.4, 0.5) is 17.1 Å². The van der Waals surface area contributed by atoms with Crippen LogP contribution in [-0.2, 0) is 0 Å². The van der Waals surface area contributed by atoms with E-state index in [9.17, 15) is 5.26 Å². The Labute approximate surface area is 270 Å². The molecule has 4 heteroatoms. The van der Waals surface area contributed by atoms with Crippen LogP contribution < -0.4 is 25.6 Å². The van der Waals surface area contributed by atoms with Crippen LogP contribution in [0.25, 0.3) is 22.4 Å². The summed E-state index contributed by atoms with van der Waals surface area (Å²) >= 11 is 0. The molecule has 8 rings (SSSR count). The van der Waals surface area contributed by atoms with Gasteiger partial charge in [-0.3, -0.25) is 0 Å². The highest BCUT2D eigenvalue weighted by molar-refractivity contribution is 7.21. The van der Waals surface area contributed by atoms with Crippen LogP contribution in [0.15, 0.2) is 176 Å². The van der Waals surface area contributed by atoms with E-state index in [1.165, 1.54) is 32.1 Å². The number of fused-ring (bicyclic) bond motifs is 2. The third-order valence-corrected chi connectivity index (χ3v) is 13.9. The third kappa shape index (κ3) is 4.37. The quantitative estimate of drug-likeness (QED) is 0.192. The first-order chi connectivity index (χ1) is 22.8. The van der Waals surface area contributed by atoms with Gasteiger partial charge in [0.2, 0.25) is 0 Å². The fourth-order valence-corrected chi connectivity index (χ4v) is 12.2. The van der Waals surface area contributed by atoms with Crippen molar-refractivity contribution in [3.63, 3.8) is 0 Å². The minimum atomic E-state index is -2.67. The number of nitriles is 1. The molecule has 1 aliphatic rings. The predicted octanol–water partition coefficient (Wildman–Crippen LogP) is 7.45. The third-order valence-electron chi connectivity index (χ3n) is 8.99. The SMILES string of the molecule is N#Cc1cccc(-c2ccccc2-c2cccc(N3c4ccccc4[Si](c4ccccc4)(c4ccccc4)c4ccccc43)c2)n1. The molecule has 0 N–H and O–H groups in total. The maximum absolute atomic E-state index is 9.50. The average Bonchev–Trinajstić information content (AvgIpc) is 3.14. The Bertz CT molecular complexity index is 2150. The fourth-order valence-electron chi connectivity index (χ4n) is 7.11. The molecule has 0 amide bonds. The van der Waals surface area contributed by atoms with E-state index in [2.05, 4.69) is 168 Å². The Balaban J connectivity index is 1.36. The van der Waals surface area contributed by atoms with Crippen LogP contribution >= 0.6 is 0 Å². The van der Waals surface area contributed by atoms with Gasteiger partial charge in [0.1, 0.15) is 11.8 Å². The molecule has 0 aliphatic carbocycles. The topological polar surface area (TPSA) is 39.9 Å². The lowest BCUT2D eigenvalue weighted by Crippen LogP contribution is -2.77. The Kier molecular flexibility index (Phi) is 6.87. The second-order valence-electron chi connectivity index (χ2n) is 11.5. The van der Waals surface area contributed by atoms with Crippen molar-refractivity contribution in [3.8, 4) is 28.5 Å². The van der Waals surface area contributed by atoms with E-state index in [1.807, 2.05) is 18.2 Å². The van der Waals surface area contributed by atoms with Crippen molar-refractivity contribution in [2.45, 2.75) is 0 Å². The molecule has 0 fully saturated rings. The Morgan fingerprint density at radius 1 is 0.500 bits per heavy atom. The summed E-state index contributed by atoms with van der Waals surface area (Å²) in [5.41, 5.74) is 7.85. The van der Waals surface area contributed by atoms with Gasteiger partial charge in [0.15, 0.2) is 8.07 Å². The Morgan fingerprint density at radius 2 is 1.04 bits per heavy atom. The summed E-state index contributed by atoms with van der Waals surface area (Å²) in [5.74, 6) is 0. The minimum Gasteiger partial charge on any atom is -0.311 e. The highest BCUT2D eigenvalue weighted by Gasteiger charge is 2.48. The lowest BCUT2D eigenvalue weighted by atomic mass is 9.96. The van der Waals surface area contributed by atoms with Gasteiger partial charge in [0, 0.05) is 22.6 Å². The van der Waals surface area contributed by atoms with Gasteiger partial charge in [-0.1, -0.05) is 140 Å². The Hall–Kier alpha value is -6.02. The van der Waals surface area contributed by atoms with Crippen molar-refractivity contribution < 1.29 is 0 Å². The van der Waals surface area contributed by atoms with E-state index in [-0.39, 0.29) is 0 Å². The zero-order chi connectivity index (χ0) is 30.9. The zero-order valence-electron chi connectivity index (χ0n) is 25.1. The van der Waals surface area contributed by atoms with Crippen molar-refractivity contribution in [1.29, 1.82) is 5.26 Å². The maximum atomic E-state index is 9.50. The molecule has 1 aliphatic heterocycles. The van der Waals surface area contributed by atoms with Crippen molar-refractivity contribution in [3.05, 3.63) is 182 Å². The Morgan fingerprint density at radius 3 is 1.67 bits per heavy atom. The van der Waals surface area contributed by atoms with Gasteiger partial charge in [-0.25, -0.2) is 4.98 Å². The molecule has 46 heavy (non-hydrogen) atoms. The molecule has 1 aromatic heterocycles. The average molecular weight is 604 g/mol. The predicted molar refractivity (Wildman–Crippen MR) is 192 cm³/mol. The molecule has 6 aromatic carbocycles. The van der Waals surface area contributed by atoms with Gasteiger partial charge < -0.3 is 4.90 Å². The van der Waals surface area contributed by atoms with E-state index in [4.69, 9.17) is 0 Å². The molecule has 0 saturated heterocycles. The molecular formula is C42H29N3Si. The van der Waals surface area contributed by atoms with Crippen LogP contribution in [0, 0.1) is 11.3 Å². The van der Waals surface area contributed by atoms with Gasteiger partial charge in [0.05, 0.1) is 5.69 Å². The molecular weight excluding hydrogens is 575 g/mol. The number of pyridine rings is 1. The highest BCUT2D eigenvalue weighted by atomic mass is 28.3. The molecule has 0 spiro atoms. The van der Waals surface area contributed by atoms with Crippen molar-refractivity contribution >= 4 is 45.9 Å². The number of anilines is 3. The minimum absolute atomic E-state index is 0.409. The number of aromatic nitrogens is 1. The number of benzene rings is 6. The van der Waals surface area contributed by atoms with Crippen molar-refractivity contribution in [2.24, 2.45) is 0 Å². The summed E-state index contributed by atoms with van der Waals surface area (Å²) < 4.78 is 0. The number of hydrogen-bond donors (Lipinski definition) is 0. The van der Waals surface area contributed by atoms with E-state index in [1.54, 1.807) is 6.07 Å². The van der Waals surface area contributed by atoms with Crippen molar-refractivity contribution in [2.75, 3.05) is 4.90 Å². The van der Waals surface area contributed by atoms with Gasteiger partial charge in [-0.05, 0) is 68.3 Å². The van der Waals surface area contributed by atoms with Gasteiger partial charge in [-0.15, -0.1) is 0 Å². The molecule has 0 atom stereocenters. The molecule has 7 aromatic rings. The van der Waals surface area contributed by atoms with E-state index in [0.717, 1.165) is 28.1 Å². The molecule has 0 saturated carbocycles. The molecule has 2 heterocycles. The van der Waals surface area contributed by atoms with Crippen LogP contribution in [0.1, 0.15) is 5.69 Å². The van der Waals surface area contributed by atoms with Gasteiger partial charge in [-0.2, -0.15) is 5.26 Å². The summed E-state index contributed by atoms with van der Waals surface area (Å²) in [4.78, 5) is 7.06. The molecule has 216 valence electrons. The lowest BCUT2D eigenvalue weighted by Gasteiger charge is -2.45. The van der Waals surface area contributed by atoms with Crippen LogP contribution in [0.5, 0.6) is 0 Å². The number of hydrogen-bond acceptors (Lipinski definition) is 3. The smallest absolute Gasteiger partial charge is 0.184 e. The van der Waals surface area contributed by atoms with Crippen LogP contribution in [0.3, 0.4) is 0 Å². The van der Waals surface area contributed by atoms with Crippen LogP contribution in [0.2, 0.25) is 0 Å². The number of nitrogens with zero attached hydrogens (tertiary/aromatic N) is 3.